The lowest BCUT2D eigenvalue weighted by Gasteiger charge is -2.42. The maximum absolute atomic E-state index is 13.2. The van der Waals surface area contributed by atoms with E-state index in [1.807, 2.05) is 17.0 Å². The number of furan rings is 1. The first-order chi connectivity index (χ1) is 11.2. The second-order valence-corrected chi connectivity index (χ2v) is 6.47. The van der Waals surface area contributed by atoms with Crippen LogP contribution in [0.4, 0.5) is 0 Å². The van der Waals surface area contributed by atoms with E-state index in [0.717, 1.165) is 58.1 Å². The molecule has 3 rings (SSSR count). The number of nitrogens with one attached hydrogen (secondary N) is 1. The second-order valence-electron chi connectivity index (χ2n) is 6.47. The largest absolute Gasteiger partial charge is 0.467 e. The van der Waals surface area contributed by atoms with E-state index in [4.69, 9.17) is 4.42 Å². The van der Waals surface area contributed by atoms with Gasteiger partial charge in [-0.15, -0.1) is 0 Å². The third kappa shape index (κ3) is 3.59. The van der Waals surface area contributed by atoms with Crippen molar-refractivity contribution in [3.63, 3.8) is 0 Å². The molecule has 2 unspecified atom stereocenters. The summed E-state index contributed by atoms with van der Waals surface area (Å²) in [5, 5.41) is 3.39. The van der Waals surface area contributed by atoms with E-state index in [0.29, 0.717) is 6.04 Å². The molecule has 0 spiro atoms. The van der Waals surface area contributed by atoms with Gasteiger partial charge in [0.05, 0.1) is 6.26 Å². The van der Waals surface area contributed by atoms with Crippen LogP contribution in [0.2, 0.25) is 0 Å². The fraction of sp³-hybridized carbons (Fsp3) is 0.706. The number of likely N-dealkylation sites (N-methyl/N-ethyl adjacent to an activating group) is 1. The molecule has 23 heavy (non-hydrogen) atoms. The van der Waals surface area contributed by atoms with E-state index in [1.54, 1.807) is 6.26 Å². The smallest absolute Gasteiger partial charge is 0.247 e. The predicted octanol–water partition coefficient (Wildman–Crippen LogP) is 0.779. The number of amides is 1. The molecular formula is C17H28N4O2. The molecule has 1 N–H and O–H groups in total. The van der Waals surface area contributed by atoms with E-state index in [2.05, 4.69) is 29.0 Å². The quantitative estimate of drug-likeness (QED) is 0.888. The Kier molecular flexibility index (Phi) is 5.35. The Morgan fingerprint density at radius 3 is 2.74 bits per heavy atom. The third-order valence-corrected chi connectivity index (χ3v) is 5.06. The minimum Gasteiger partial charge on any atom is -0.467 e. The first-order valence-electron chi connectivity index (χ1n) is 8.71. The molecule has 2 aliphatic heterocycles. The topological polar surface area (TPSA) is 52.0 Å². The van der Waals surface area contributed by atoms with Gasteiger partial charge in [-0.05, 0) is 25.6 Å². The summed E-state index contributed by atoms with van der Waals surface area (Å²) in [5.41, 5.74) is 0. The summed E-state index contributed by atoms with van der Waals surface area (Å²) in [5.74, 6) is 0.950. The van der Waals surface area contributed by atoms with Gasteiger partial charge < -0.3 is 19.5 Å². The van der Waals surface area contributed by atoms with Crippen molar-refractivity contribution in [2.45, 2.75) is 25.9 Å². The van der Waals surface area contributed by atoms with Crippen LogP contribution in [0.3, 0.4) is 0 Å². The fourth-order valence-corrected chi connectivity index (χ4v) is 3.57. The lowest BCUT2D eigenvalue weighted by atomic mass is 10.1. The van der Waals surface area contributed by atoms with Crippen LogP contribution in [0.15, 0.2) is 22.8 Å². The van der Waals surface area contributed by atoms with Crippen molar-refractivity contribution in [1.82, 2.24) is 20.0 Å². The third-order valence-electron chi connectivity index (χ3n) is 5.06. The molecule has 0 saturated carbocycles. The standard InChI is InChI=1S/C17H28N4O2/c1-3-19-8-10-20(11-9-19)17(22)16(15-5-4-12-23-15)21-7-6-18-13-14(21)2/h4-5,12,14,16,18H,3,6-11,13H2,1-2H3. The predicted molar refractivity (Wildman–Crippen MR) is 89.2 cm³/mol. The van der Waals surface area contributed by atoms with E-state index < -0.39 is 0 Å². The molecule has 6 nitrogen and oxygen atoms in total. The molecular weight excluding hydrogens is 292 g/mol. The Hall–Kier alpha value is -1.37. The highest BCUT2D eigenvalue weighted by Gasteiger charge is 2.37. The molecule has 3 heterocycles. The Bertz CT molecular complexity index is 497. The lowest BCUT2D eigenvalue weighted by molar-refractivity contribution is -0.141. The van der Waals surface area contributed by atoms with Crippen molar-refractivity contribution >= 4 is 5.91 Å². The molecule has 1 amide bonds. The van der Waals surface area contributed by atoms with Crippen LogP contribution in [0.25, 0.3) is 0 Å². The van der Waals surface area contributed by atoms with E-state index in [1.165, 1.54) is 0 Å². The molecule has 2 atom stereocenters. The van der Waals surface area contributed by atoms with Crippen molar-refractivity contribution in [3.05, 3.63) is 24.2 Å². The summed E-state index contributed by atoms with van der Waals surface area (Å²) in [6.45, 7) is 11.6. The molecule has 0 aromatic carbocycles. The van der Waals surface area contributed by atoms with Gasteiger partial charge in [0.15, 0.2) is 0 Å². The number of carbonyl (C=O) groups excluding carboxylic acids is 1. The Labute approximate surface area is 138 Å². The van der Waals surface area contributed by atoms with Gasteiger partial charge >= 0.3 is 0 Å². The molecule has 2 fully saturated rings. The summed E-state index contributed by atoms with van der Waals surface area (Å²) in [6, 6.07) is 3.83. The normalized spacial score (nSPS) is 25.5. The van der Waals surface area contributed by atoms with Gasteiger partial charge in [-0.25, -0.2) is 0 Å². The molecule has 128 valence electrons. The summed E-state index contributed by atoms with van der Waals surface area (Å²) >= 11 is 0. The molecule has 2 saturated heterocycles. The maximum Gasteiger partial charge on any atom is 0.247 e. The minimum absolute atomic E-state index is 0.185. The van der Waals surface area contributed by atoms with Crippen molar-refractivity contribution < 1.29 is 9.21 Å². The van der Waals surface area contributed by atoms with Gasteiger partial charge in [-0.3, -0.25) is 9.69 Å². The van der Waals surface area contributed by atoms with Gasteiger partial charge in [0.25, 0.3) is 0 Å². The zero-order valence-electron chi connectivity index (χ0n) is 14.2. The zero-order valence-corrected chi connectivity index (χ0v) is 14.2. The van der Waals surface area contributed by atoms with Gasteiger partial charge in [0, 0.05) is 51.9 Å². The van der Waals surface area contributed by atoms with Crippen LogP contribution < -0.4 is 5.32 Å². The number of piperazine rings is 2. The van der Waals surface area contributed by atoms with Crippen molar-refractivity contribution in [2.75, 3.05) is 52.4 Å². The summed E-state index contributed by atoms with van der Waals surface area (Å²) in [6.07, 6.45) is 1.66. The Balaban J connectivity index is 1.77. The Morgan fingerprint density at radius 2 is 2.13 bits per heavy atom. The first kappa shape index (κ1) is 16.5. The minimum atomic E-state index is -0.296. The summed E-state index contributed by atoms with van der Waals surface area (Å²) < 4.78 is 5.63. The van der Waals surface area contributed by atoms with Crippen LogP contribution >= 0.6 is 0 Å². The Morgan fingerprint density at radius 1 is 1.35 bits per heavy atom. The highest BCUT2D eigenvalue weighted by molar-refractivity contribution is 5.83. The van der Waals surface area contributed by atoms with Crippen molar-refractivity contribution in [1.29, 1.82) is 0 Å². The monoisotopic (exact) mass is 320 g/mol. The van der Waals surface area contributed by atoms with Gasteiger partial charge in [0.2, 0.25) is 5.91 Å². The van der Waals surface area contributed by atoms with Crippen LogP contribution in [0.1, 0.15) is 25.6 Å². The SMILES string of the molecule is CCN1CCN(C(=O)C(c2ccco2)N2CCNCC2C)CC1. The average Bonchev–Trinajstić information content (AvgIpc) is 3.11. The molecule has 0 aliphatic carbocycles. The number of carbonyl (C=O) groups is 1. The molecule has 2 aliphatic rings. The maximum atomic E-state index is 13.2. The second kappa shape index (κ2) is 7.47. The average molecular weight is 320 g/mol. The first-order valence-corrected chi connectivity index (χ1v) is 8.71. The highest BCUT2D eigenvalue weighted by Crippen LogP contribution is 2.27. The number of hydrogen-bond donors (Lipinski definition) is 1. The van der Waals surface area contributed by atoms with Gasteiger partial charge in [-0.1, -0.05) is 6.92 Å². The van der Waals surface area contributed by atoms with Crippen molar-refractivity contribution in [3.8, 4) is 0 Å². The van der Waals surface area contributed by atoms with Crippen LogP contribution in [-0.2, 0) is 4.79 Å². The lowest BCUT2D eigenvalue weighted by Crippen LogP contribution is -2.56. The summed E-state index contributed by atoms with van der Waals surface area (Å²) in [7, 11) is 0. The molecule has 0 radical (unpaired) electrons. The van der Waals surface area contributed by atoms with Gasteiger partial charge in [0.1, 0.15) is 11.8 Å². The number of hydrogen-bond acceptors (Lipinski definition) is 5. The van der Waals surface area contributed by atoms with Crippen LogP contribution in [0.5, 0.6) is 0 Å². The summed E-state index contributed by atoms with van der Waals surface area (Å²) in [4.78, 5) is 19.9. The van der Waals surface area contributed by atoms with E-state index in [-0.39, 0.29) is 11.9 Å². The van der Waals surface area contributed by atoms with Crippen LogP contribution in [0, 0.1) is 0 Å². The fourth-order valence-electron chi connectivity index (χ4n) is 3.57. The molecule has 1 aromatic heterocycles. The number of nitrogens with zero attached hydrogens (tertiary/aromatic N) is 3. The zero-order chi connectivity index (χ0) is 16.2. The van der Waals surface area contributed by atoms with Gasteiger partial charge in [-0.2, -0.15) is 0 Å². The molecule has 1 aromatic rings. The van der Waals surface area contributed by atoms with E-state index in [9.17, 15) is 4.79 Å². The van der Waals surface area contributed by atoms with Crippen molar-refractivity contribution in [2.24, 2.45) is 0 Å². The molecule has 0 bridgehead atoms. The van der Waals surface area contributed by atoms with E-state index >= 15 is 0 Å². The molecule has 6 heteroatoms. The highest BCUT2D eigenvalue weighted by atomic mass is 16.3. The number of rotatable bonds is 4. The van der Waals surface area contributed by atoms with Crippen LogP contribution in [-0.4, -0.2) is 79.0 Å².